The normalized spacial score (nSPS) is 49.7. The van der Waals surface area contributed by atoms with Crippen molar-refractivity contribution in [1.82, 2.24) is 0 Å². The van der Waals surface area contributed by atoms with Crippen LogP contribution in [0, 0.1) is 23.7 Å². The van der Waals surface area contributed by atoms with Crippen molar-refractivity contribution in [1.29, 1.82) is 0 Å². The Morgan fingerprint density at radius 2 is 1.84 bits per heavy atom. The number of hydrogen-bond donors (Lipinski definition) is 0. The molecule has 3 rings (SSSR count). The van der Waals surface area contributed by atoms with Gasteiger partial charge in [0.2, 0.25) is 0 Å². The molecule has 7 atom stereocenters. The molecule has 0 amide bonds. The second-order valence-electron chi connectivity index (χ2n) is 7.19. The Balaban J connectivity index is 1.62. The molecule has 19 heavy (non-hydrogen) atoms. The molecule has 3 fully saturated rings. The second kappa shape index (κ2) is 5.73. The first kappa shape index (κ1) is 13.9. The second-order valence-corrected chi connectivity index (χ2v) is 7.19. The lowest BCUT2D eigenvalue weighted by Gasteiger charge is -2.37. The van der Waals surface area contributed by atoms with E-state index in [1.54, 1.807) is 0 Å². The molecule has 1 heterocycles. The Morgan fingerprint density at radius 1 is 1.05 bits per heavy atom. The van der Waals surface area contributed by atoms with Crippen LogP contribution in [-0.2, 0) is 9.47 Å². The molecule has 7 unspecified atom stereocenters. The summed E-state index contributed by atoms with van der Waals surface area (Å²) in [6.07, 6.45) is 9.20. The van der Waals surface area contributed by atoms with Gasteiger partial charge < -0.3 is 9.47 Å². The van der Waals surface area contributed by atoms with Crippen LogP contribution in [-0.4, -0.2) is 24.9 Å². The van der Waals surface area contributed by atoms with Crippen LogP contribution in [0.3, 0.4) is 0 Å². The molecular weight excluding hydrogens is 236 g/mol. The minimum Gasteiger partial charge on any atom is -0.378 e. The Bertz CT molecular complexity index is 304. The highest BCUT2D eigenvalue weighted by Crippen LogP contribution is 2.50. The van der Waals surface area contributed by atoms with Crippen LogP contribution in [0.4, 0.5) is 0 Å². The molecule has 2 nitrogen and oxygen atoms in total. The molecule has 2 aliphatic carbocycles. The van der Waals surface area contributed by atoms with Gasteiger partial charge in [0.05, 0.1) is 18.3 Å². The molecule has 3 aliphatic rings. The van der Waals surface area contributed by atoms with Gasteiger partial charge in [0.15, 0.2) is 0 Å². The maximum atomic E-state index is 6.48. The Kier molecular flexibility index (Phi) is 4.19. The summed E-state index contributed by atoms with van der Waals surface area (Å²) in [7, 11) is 0. The molecule has 2 heteroatoms. The third-order valence-corrected chi connectivity index (χ3v) is 6.03. The highest BCUT2D eigenvalue weighted by Gasteiger charge is 2.50. The van der Waals surface area contributed by atoms with Gasteiger partial charge in [-0.3, -0.25) is 0 Å². The van der Waals surface area contributed by atoms with E-state index in [1.165, 1.54) is 25.7 Å². The summed E-state index contributed by atoms with van der Waals surface area (Å²) in [5, 5.41) is 0. The average Bonchev–Trinajstić information content (AvgIpc) is 2.79. The minimum atomic E-state index is 0.467. The maximum absolute atomic E-state index is 6.48. The van der Waals surface area contributed by atoms with Gasteiger partial charge in [-0.2, -0.15) is 0 Å². The van der Waals surface area contributed by atoms with Crippen LogP contribution in [0.15, 0.2) is 0 Å². The zero-order valence-corrected chi connectivity index (χ0v) is 12.8. The van der Waals surface area contributed by atoms with E-state index < -0.39 is 0 Å². The van der Waals surface area contributed by atoms with Gasteiger partial charge in [0.25, 0.3) is 0 Å². The van der Waals surface area contributed by atoms with Gasteiger partial charge in [0, 0.05) is 13.0 Å². The van der Waals surface area contributed by atoms with Crippen LogP contribution >= 0.6 is 0 Å². The topological polar surface area (TPSA) is 18.5 Å². The highest BCUT2D eigenvalue weighted by molar-refractivity contribution is 4.99. The van der Waals surface area contributed by atoms with Crippen molar-refractivity contribution in [3.05, 3.63) is 0 Å². The third kappa shape index (κ3) is 2.58. The van der Waals surface area contributed by atoms with E-state index in [4.69, 9.17) is 9.47 Å². The summed E-state index contributed by atoms with van der Waals surface area (Å²) in [5.41, 5.74) is 0. The first-order valence-corrected chi connectivity index (χ1v) is 8.47. The lowest BCUT2D eigenvalue weighted by Crippen LogP contribution is -2.36. The summed E-state index contributed by atoms with van der Waals surface area (Å²) in [4.78, 5) is 0. The van der Waals surface area contributed by atoms with E-state index in [2.05, 4.69) is 20.8 Å². The largest absolute Gasteiger partial charge is 0.378 e. The predicted octanol–water partition coefficient (Wildman–Crippen LogP) is 4.03. The van der Waals surface area contributed by atoms with Crippen molar-refractivity contribution >= 4 is 0 Å². The van der Waals surface area contributed by atoms with E-state index in [-0.39, 0.29) is 0 Å². The van der Waals surface area contributed by atoms with E-state index in [0.29, 0.717) is 18.3 Å². The molecule has 0 aromatic rings. The lowest BCUT2D eigenvalue weighted by molar-refractivity contribution is -0.0654. The number of fused-ring (bicyclic) bond motifs is 3. The average molecular weight is 266 g/mol. The molecule has 0 bridgehead atoms. The first-order valence-electron chi connectivity index (χ1n) is 8.47. The van der Waals surface area contributed by atoms with Crippen molar-refractivity contribution in [3.63, 3.8) is 0 Å². The smallest absolute Gasteiger partial charge is 0.0638 e. The molecule has 0 N–H and O–H groups in total. The van der Waals surface area contributed by atoms with E-state index in [1.807, 2.05) is 0 Å². The van der Waals surface area contributed by atoms with Gasteiger partial charge in [-0.25, -0.2) is 0 Å². The summed E-state index contributed by atoms with van der Waals surface area (Å²) >= 11 is 0. The third-order valence-electron chi connectivity index (χ3n) is 6.03. The maximum Gasteiger partial charge on any atom is 0.0638 e. The highest BCUT2D eigenvalue weighted by atomic mass is 16.5. The standard InChI is InChI=1S/C17H30O2/c1-4-9-18-13-6-8-14-15-7-5-11(2)12(3)17(15)19-16(14)10-13/h11-17H,4-10H2,1-3H3. The molecular formula is C17H30O2. The predicted molar refractivity (Wildman–Crippen MR) is 77.1 cm³/mol. The molecule has 0 spiro atoms. The molecule has 110 valence electrons. The molecule has 0 aromatic carbocycles. The van der Waals surface area contributed by atoms with E-state index in [0.717, 1.165) is 43.1 Å². The van der Waals surface area contributed by atoms with E-state index in [9.17, 15) is 0 Å². The number of ether oxygens (including phenoxy) is 2. The van der Waals surface area contributed by atoms with Crippen LogP contribution < -0.4 is 0 Å². The first-order chi connectivity index (χ1) is 9.20. The van der Waals surface area contributed by atoms with Gasteiger partial charge in [-0.05, 0) is 55.8 Å². The summed E-state index contributed by atoms with van der Waals surface area (Å²) < 4.78 is 12.4. The molecule has 1 saturated heterocycles. The Morgan fingerprint density at radius 3 is 2.63 bits per heavy atom. The summed E-state index contributed by atoms with van der Waals surface area (Å²) in [6.45, 7) is 7.92. The minimum absolute atomic E-state index is 0.467. The Hall–Kier alpha value is -0.0800. The number of hydrogen-bond acceptors (Lipinski definition) is 2. The van der Waals surface area contributed by atoms with Gasteiger partial charge in [0.1, 0.15) is 0 Å². The summed E-state index contributed by atoms with van der Waals surface area (Å²) in [5.74, 6) is 3.28. The zero-order chi connectivity index (χ0) is 13.4. The summed E-state index contributed by atoms with van der Waals surface area (Å²) in [6, 6.07) is 0. The Labute approximate surface area is 118 Å². The molecule has 0 radical (unpaired) electrons. The van der Waals surface area contributed by atoms with Crippen LogP contribution in [0.25, 0.3) is 0 Å². The van der Waals surface area contributed by atoms with E-state index >= 15 is 0 Å². The van der Waals surface area contributed by atoms with Crippen molar-refractivity contribution < 1.29 is 9.47 Å². The van der Waals surface area contributed by atoms with Gasteiger partial charge >= 0.3 is 0 Å². The fraction of sp³-hybridized carbons (Fsp3) is 1.00. The quantitative estimate of drug-likeness (QED) is 0.768. The molecule has 2 saturated carbocycles. The fourth-order valence-electron chi connectivity index (χ4n) is 4.68. The number of rotatable bonds is 3. The molecule has 0 aromatic heterocycles. The molecule has 1 aliphatic heterocycles. The van der Waals surface area contributed by atoms with Crippen LogP contribution in [0.5, 0.6) is 0 Å². The zero-order valence-electron chi connectivity index (χ0n) is 12.8. The van der Waals surface area contributed by atoms with Gasteiger partial charge in [-0.15, -0.1) is 0 Å². The van der Waals surface area contributed by atoms with Gasteiger partial charge in [-0.1, -0.05) is 20.8 Å². The fourth-order valence-corrected chi connectivity index (χ4v) is 4.68. The van der Waals surface area contributed by atoms with Crippen molar-refractivity contribution in [3.8, 4) is 0 Å². The lowest BCUT2D eigenvalue weighted by atomic mass is 9.67. The monoisotopic (exact) mass is 266 g/mol. The van der Waals surface area contributed by atoms with Crippen molar-refractivity contribution in [2.24, 2.45) is 23.7 Å². The SMILES string of the molecule is CCCOC1CCC2C(C1)OC1C(C)C(C)CCC21. The van der Waals surface area contributed by atoms with Crippen molar-refractivity contribution in [2.75, 3.05) is 6.61 Å². The van der Waals surface area contributed by atoms with Crippen LogP contribution in [0.2, 0.25) is 0 Å². The van der Waals surface area contributed by atoms with Crippen molar-refractivity contribution in [2.45, 2.75) is 77.6 Å². The van der Waals surface area contributed by atoms with Crippen LogP contribution in [0.1, 0.15) is 59.3 Å².